The van der Waals surface area contributed by atoms with Crippen molar-refractivity contribution in [2.45, 2.75) is 37.8 Å². The molecule has 1 heteroatoms. The predicted octanol–water partition coefficient (Wildman–Crippen LogP) is 3.11. The van der Waals surface area contributed by atoms with E-state index in [4.69, 9.17) is 0 Å². The molecule has 1 aromatic rings. The smallest absolute Gasteiger partial charge is 0.0279 e. The van der Waals surface area contributed by atoms with E-state index >= 15 is 0 Å². The van der Waals surface area contributed by atoms with Gasteiger partial charge in [0.05, 0.1) is 0 Å². The molecule has 0 amide bonds. The van der Waals surface area contributed by atoms with Crippen molar-refractivity contribution in [2.75, 3.05) is 7.05 Å². The van der Waals surface area contributed by atoms with E-state index < -0.39 is 0 Å². The van der Waals surface area contributed by atoms with Crippen LogP contribution in [-0.2, 0) is 0 Å². The average molecular weight is 213 g/mol. The van der Waals surface area contributed by atoms with Crippen molar-refractivity contribution >= 4 is 0 Å². The largest absolute Gasteiger partial charge is 0.296 e. The van der Waals surface area contributed by atoms with E-state index in [2.05, 4.69) is 55.3 Å². The fourth-order valence-electron chi connectivity index (χ4n) is 3.31. The number of nitrogens with zero attached hydrogens (tertiary/aromatic N) is 1. The zero-order valence-corrected chi connectivity index (χ0v) is 10.1. The second-order valence-electron chi connectivity index (χ2n) is 5.14. The van der Waals surface area contributed by atoms with Crippen LogP contribution in [-0.4, -0.2) is 24.0 Å². The third-order valence-corrected chi connectivity index (χ3v) is 4.31. The van der Waals surface area contributed by atoms with E-state index in [0.29, 0.717) is 12.0 Å². The van der Waals surface area contributed by atoms with Crippen LogP contribution in [0.25, 0.3) is 0 Å². The molecule has 0 aromatic heterocycles. The Labute approximate surface area is 97.8 Å². The van der Waals surface area contributed by atoms with Gasteiger partial charge in [0.25, 0.3) is 0 Å². The average Bonchev–Trinajstić information content (AvgIpc) is 2.52. The number of aryl methyl sites for hydroxylation is 1. The lowest BCUT2D eigenvalue weighted by Crippen LogP contribution is -2.38. The van der Waals surface area contributed by atoms with Gasteiger partial charge in [0.1, 0.15) is 0 Å². The summed E-state index contributed by atoms with van der Waals surface area (Å²) in [5.74, 6) is 0.602. The Balaban J connectivity index is 2.00. The normalized spacial score (nSPS) is 33.2. The SMILES string of the molecule is Cc1ccccc1C1C=CC2CCC1N2C. The molecule has 1 aromatic carbocycles. The molecule has 2 heterocycles. The summed E-state index contributed by atoms with van der Waals surface area (Å²) in [6, 6.07) is 10.2. The van der Waals surface area contributed by atoms with Crippen molar-refractivity contribution < 1.29 is 0 Å². The minimum Gasteiger partial charge on any atom is -0.296 e. The van der Waals surface area contributed by atoms with Gasteiger partial charge in [-0.1, -0.05) is 36.4 Å². The first-order valence-electron chi connectivity index (χ1n) is 6.23. The van der Waals surface area contributed by atoms with Gasteiger partial charge in [-0.2, -0.15) is 0 Å². The predicted molar refractivity (Wildman–Crippen MR) is 67.6 cm³/mol. The van der Waals surface area contributed by atoms with Crippen molar-refractivity contribution in [3.8, 4) is 0 Å². The van der Waals surface area contributed by atoms with Gasteiger partial charge in [0.15, 0.2) is 0 Å². The molecule has 1 nitrogen and oxygen atoms in total. The number of benzene rings is 1. The maximum Gasteiger partial charge on any atom is 0.0279 e. The highest BCUT2D eigenvalue weighted by Crippen LogP contribution is 2.39. The van der Waals surface area contributed by atoms with Crippen LogP contribution in [0.2, 0.25) is 0 Å². The van der Waals surface area contributed by atoms with Crippen LogP contribution in [0.5, 0.6) is 0 Å². The Bertz CT molecular complexity index is 421. The van der Waals surface area contributed by atoms with Crippen LogP contribution in [0.4, 0.5) is 0 Å². The molecular formula is C15H19N. The van der Waals surface area contributed by atoms with Gasteiger partial charge in [-0.05, 0) is 37.9 Å². The van der Waals surface area contributed by atoms with E-state index in [1.165, 1.54) is 24.0 Å². The lowest BCUT2D eigenvalue weighted by Gasteiger charge is -2.34. The van der Waals surface area contributed by atoms with Gasteiger partial charge in [-0.3, -0.25) is 4.90 Å². The number of hydrogen-bond acceptors (Lipinski definition) is 1. The van der Waals surface area contributed by atoms with Crippen LogP contribution in [0, 0.1) is 6.92 Å². The monoisotopic (exact) mass is 213 g/mol. The van der Waals surface area contributed by atoms with Crippen LogP contribution >= 0.6 is 0 Å². The molecule has 0 spiro atoms. The molecule has 1 saturated heterocycles. The molecule has 0 saturated carbocycles. The van der Waals surface area contributed by atoms with E-state index in [0.717, 1.165) is 6.04 Å². The fourth-order valence-corrected chi connectivity index (χ4v) is 3.31. The lowest BCUT2D eigenvalue weighted by molar-refractivity contribution is 0.241. The molecule has 2 aliphatic rings. The standard InChI is InChI=1S/C15H19N/c1-11-5-3-4-6-13(11)14-9-7-12-8-10-15(14)16(12)2/h3-7,9,12,14-15H,8,10H2,1-2H3. The highest BCUT2D eigenvalue weighted by atomic mass is 15.2. The molecule has 3 rings (SSSR count). The first-order chi connectivity index (χ1) is 7.77. The third kappa shape index (κ3) is 1.42. The minimum atomic E-state index is 0.602. The van der Waals surface area contributed by atoms with E-state index in [-0.39, 0.29) is 0 Å². The molecule has 0 aliphatic carbocycles. The summed E-state index contributed by atoms with van der Waals surface area (Å²) in [6.07, 6.45) is 7.51. The Morgan fingerprint density at radius 3 is 2.75 bits per heavy atom. The molecule has 3 unspecified atom stereocenters. The number of rotatable bonds is 1. The van der Waals surface area contributed by atoms with Crippen molar-refractivity contribution in [2.24, 2.45) is 0 Å². The zero-order chi connectivity index (χ0) is 11.1. The van der Waals surface area contributed by atoms with Gasteiger partial charge in [0.2, 0.25) is 0 Å². The van der Waals surface area contributed by atoms with Gasteiger partial charge in [-0.15, -0.1) is 0 Å². The first kappa shape index (κ1) is 10.1. The lowest BCUT2D eigenvalue weighted by atomic mass is 9.86. The Hall–Kier alpha value is -1.08. The number of hydrogen-bond donors (Lipinski definition) is 0. The van der Waals surface area contributed by atoms with Crippen molar-refractivity contribution in [1.82, 2.24) is 4.90 Å². The van der Waals surface area contributed by atoms with E-state index in [9.17, 15) is 0 Å². The first-order valence-corrected chi connectivity index (χ1v) is 6.23. The van der Waals surface area contributed by atoms with Gasteiger partial charge < -0.3 is 0 Å². The van der Waals surface area contributed by atoms with Crippen molar-refractivity contribution in [1.29, 1.82) is 0 Å². The zero-order valence-electron chi connectivity index (χ0n) is 10.1. The van der Waals surface area contributed by atoms with Crippen LogP contribution in [0.15, 0.2) is 36.4 Å². The van der Waals surface area contributed by atoms with E-state index in [1.807, 2.05) is 0 Å². The maximum absolute atomic E-state index is 2.55. The Morgan fingerprint density at radius 2 is 1.94 bits per heavy atom. The van der Waals surface area contributed by atoms with Crippen LogP contribution in [0.3, 0.4) is 0 Å². The van der Waals surface area contributed by atoms with Crippen LogP contribution < -0.4 is 0 Å². The molecule has 1 fully saturated rings. The second-order valence-corrected chi connectivity index (χ2v) is 5.14. The topological polar surface area (TPSA) is 3.24 Å². The summed E-state index contributed by atoms with van der Waals surface area (Å²) in [4.78, 5) is 2.55. The molecular weight excluding hydrogens is 194 g/mol. The molecule has 0 N–H and O–H groups in total. The summed E-state index contributed by atoms with van der Waals surface area (Å²) < 4.78 is 0. The number of likely N-dealkylation sites (N-methyl/N-ethyl adjacent to an activating group) is 1. The molecule has 16 heavy (non-hydrogen) atoms. The van der Waals surface area contributed by atoms with Crippen LogP contribution in [0.1, 0.15) is 29.9 Å². The summed E-state index contributed by atoms with van der Waals surface area (Å²) in [6.45, 7) is 2.23. The molecule has 84 valence electrons. The summed E-state index contributed by atoms with van der Waals surface area (Å²) >= 11 is 0. The summed E-state index contributed by atoms with van der Waals surface area (Å²) in [7, 11) is 2.27. The summed E-state index contributed by atoms with van der Waals surface area (Å²) in [5, 5.41) is 0. The third-order valence-electron chi connectivity index (χ3n) is 4.31. The Kier molecular flexibility index (Phi) is 2.36. The molecule has 3 atom stereocenters. The van der Waals surface area contributed by atoms with E-state index in [1.54, 1.807) is 0 Å². The summed E-state index contributed by atoms with van der Waals surface area (Å²) in [5.41, 5.74) is 2.94. The Morgan fingerprint density at radius 1 is 1.12 bits per heavy atom. The highest BCUT2D eigenvalue weighted by Gasteiger charge is 2.37. The van der Waals surface area contributed by atoms with Crippen molar-refractivity contribution in [3.63, 3.8) is 0 Å². The maximum atomic E-state index is 2.55. The quantitative estimate of drug-likeness (QED) is 0.648. The second kappa shape index (κ2) is 3.74. The minimum absolute atomic E-state index is 0.602. The molecule has 0 radical (unpaired) electrons. The van der Waals surface area contributed by atoms with Crippen molar-refractivity contribution in [3.05, 3.63) is 47.5 Å². The highest BCUT2D eigenvalue weighted by molar-refractivity contribution is 5.36. The number of fused-ring (bicyclic) bond motifs is 2. The fraction of sp³-hybridized carbons (Fsp3) is 0.467. The van der Waals surface area contributed by atoms with Gasteiger partial charge in [0, 0.05) is 18.0 Å². The van der Waals surface area contributed by atoms with Gasteiger partial charge >= 0.3 is 0 Å². The molecule has 2 aliphatic heterocycles. The van der Waals surface area contributed by atoms with Gasteiger partial charge in [-0.25, -0.2) is 0 Å². The molecule has 2 bridgehead atoms.